The van der Waals surface area contributed by atoms with Crippen molar-refractivity contribution in [2.75, 3.05) is 0 Å². The Morgan fingerprint density at radius 3 is 2.05 bits per heavy atom. The van der Waals surface area contributed by atoms with E-state index >= 15 is 0 Å². The summed E-state index contributed by atoms with van der Waals surface area (Å²) < 4.78 is 92.7. The van der Waals surface area contributed by atoms with Crippen LogP contribution < -0.4 is 9.47 Å². The van der Waals surface area contributed by atoms with Gasteiger partial charge in [0.05, 0.1) is 0 Å². The van der Waals surface area contributed by atoms with Gasteiger partial charge in [-0.05, 0) is 18.2 Å². The van der Waals surface area contributed by atoms with Gasteiger partial charge in [-0.3, -0.25) is 0 Å². The van der Waals surface area contributed by atoms with Crippen LogP contribution in [0.5, 0.6) is 11.5 Å². The number of ether oxygens (including phenoxy) is 2. The van der Waals surface area contributed by atoms with Crippen molar-refractivity contribution < 1.29 is 50.1 Å². The monoisotopic (exact) mass is 334 g/mol. The summed E-state index contributed by atoms with van der Waals surface area (Å²) in [5.74, 6) is -6.86. The van der Waals surface area contributed by atoms with Gasteiger partial charge in [0.2, 0.25) is 5.82 Å². The molecule has 0 heterocycles. The Hall–Kier alpha value is -2.46. The zero-order chi connectivity index (χ0) is 17.1. The number of carboxylic acid groups (broad SMARTS) is 1. The van der Waals surface area contributed by atoms with E-state index in [0.29, 0.717) is 24.3 Å². The maximum atomic E-state index is 13.7. The van der Waals surface area contributed by atoms with Crippen molar-refractivity contribution >= 4 is 12.0 Å². The van der Waals surface area contributed by atoms with E-state index < -0.39 is 41.6 Å². The van der Waals surface area contributed by atoms with E-state index in [4.69, 9.17) is 5.11 Å². The van der Waals surface area contributed by atoms with Crippen molar-refractivity contribution in [1.82, 2.24) is 0 Å². The third-order valence-corrected chi connectivity index (χ3v) is 1.94. The van der Waals surface area contributed by atoms with Gasteiger partial charge < -0.3 is 14.6 Å². The van der Waals surface area contributed by atoms with Crippen molar-refractivity contribution in [3.05, 3.63) is 29.6 Å². The molecule has 0 atom stereocenters. The molecule has 1 N–H and O–H groups in total. The molecule has 1 aromatic carbocycles. The Balaban J connectivity index is 3.35. The zero-order valence-electron chi connectivity index (χ0n) is 10.1. The average molecular weight is 334 g/mol. The van der Waals surface area contributed by atoms with Gasteiger partial charge in [0.15, 0.2) is 11.5 Å². The van der Waals surface area contributed by atoms with Crippen LogP contribution in [-0.4, -0.2) is 23.8 Å². The lowest BCUT2D eigenvalue weighted by molar-refractivity contribution is -0.278. The maximum Gasteiger partial charge on any atom is 0.573 e. The topological polar surface area (TPSA) is 55.8 Å². The molecule has 0 bridgehead atoms. The largest absolute Gasteiger partial charge is 0.573 e. The van der Waals surface area contributed by atoms with Crippen LogP contribution in [0.1, 0.15) is 5.56 Å². The molecule has 0 amide bonds. The van der Waals surface area contributed by atoms with Gasteiger partial charge in [0, 0.05) is 11.6 Å². The zero-order valence-corrected chi connectivity index (χ0v) is 10.1. The number of alkyl halides is 6. The van der Waals surface area contributed by atoms with Crippen LogP contribution in [-0.2, 0) is 4.79 Å². The number of carboxylic acids is 1. The third kappa shape index (κ3) is 5.50. The van der Waals surface area contributed by atoms with E-state index in [0.717, 1.165) is 0 Å². The molecule has 122 valence electrons. The van der Waals surface area contributed by atoms with E-state index in [-0.39, 0.29) is 0 Å². The molecule has 0 aromatic heterocycles. The minimum atomic E-state index is -5.41. The van der Waals surface area contributed by atoms with E-state index in [2.05, 4.69) is 9.47 Å². The van der Waals surface area contributed by atoms with Crippen LogP contribution in [0.15, 0.2) is 18.2 Å². The Labute approximate surface area is 117 Å². The van der Waals surface area contributed by atoms with E-state index in [1.165, 1.54) is 0 Å². The van der Waals surface area contributed by atoms with Crippen LogP contribution >= 0.6 is 0 Å². The molecule has 4 nitrogen and oxygen atoms in total. The smallest absolute Gasteiger partial charge is 0.478 e. The Bertz CT molecular complexity index is 589. The summed E-state index contributed by atoms with van der Waals surface area (Å²) >= 11 is 0. The highest BCUT2D eigenvalue weighted by molar-refractivity contribution is 5.86. The van der Waals surface area contributed by atoms with Crippen LogP contribution in [0.2, 0.25) is 0 Å². The molecular weight excluding hydrogens is 329 g/mol. The first-order valence-electron chi connectivity index (χ1n) is 5.14. The Morgan fingerprint density at radius 2 is 1.59 bits per heavy atom. The fourth-order valence-corrected chi connectivity index (χ4v) is 1.27. The first-order chi connectivity index (χ1) is 9.89. The standard InChI is InChI=1S/C11H5F7O4/c12-8-6(21-10(13,14)15)3-1-5(2-4-7(19)20)9(8)22-11(16,17)18/h1-4H,(H,19,20). The number of hydrogen-bond donors (Lipinski definition) is 1. The van der Waals surface area contributed by atoms with Crippen molar-refractivity contribution in [2.45, 2.75) is 12.7 Å². The minimum absolute atomic E-state index is 0.350. The Kier molecular flexibility index (Phi) is 4.89. The van der Waals surface area contributed by atoms with Crippen LogP contribution in [0.25, 0.3) is 6.08 Å². The first kappa shape index (κ1) is 17.6. The summed E-state index contributed by atoms with van der Waals surface area (Å²) in [5, 5.41) is 8.36. The molecule has 0 spiro atoms. The van der Waals surface area contributed by atoms with Gasteiger partial charge in [-0.1, -0.05) is 0 Å². The Morgan fingerprint density at radius 1 is 1.05 bits per heavy atom. The highest BCUT2D eigenvalue weighted by Crippen LogP contribution is 2.37. The summed E-state index contributed by atoms with van der Waals surface area (Å²) in [6.45, 7) is 0. The van der Waals surface area contributed by atoms with Crippen molar-refractivity contribution in [1.29, 1.82) is 0 Å². The van der Waals surface area contributed by atoms with Crippen LogP contribution in [0.3, 0.4) is 0 Å². The fraction of sp³-hybridized carbons (Fsp3) is 0.182. The van der Waals surface area contributed by atoms with E-state index in [1.54, 1.807) is 0 Å². The van der Waals surface area contributed by atoms with E-state index in [1.807, 2.05) is 0 Å². The number of benzene rings is 1. The maximum absolute atomic E-state index is 13.7. The van der Waals surface area contributed by atoms with Gasteiger partial charge in [-0.2, -0.15) is 4.39 Å². The second kappa shape index (κ2) is 6.12. The first-order valence-corrected chi connectivity index (χ1v) is 5.14. The predicted octanol–water partition coefficient (Wildman–Crippen LogP) is 3.72. The molecule has 0 fully saturated rings. The fourth-order valence-electron chi connectivity index (χ4n) is 1.27. The van der Waals surface area contributed by atoms with Crippen molar-refractivity contribution in [3.8, 4) is 11.5 Å². The van der Waals surface area contributed by atoms with Crippen LogP contribution in [0.4, 0.5) is 30.7 Å². The predicted molar refractivity (Wildman–Crippen MR) is 56.4 cm³/mol. The number of aliphatic carboxylic acids is 1. The lowest BCUT2D eigenvalue weighted by Gasteiger charge is -2.15. The average Bonchev–Trinajstić information content (AvgIpc) is 2.30. The molecule has 0 saturated heterocycles. The molecule has 0 aliphatic heterocycles. The van der Waals surface area contributed by atoms with Crippen LogP contribution in [0, 0.1) is 5.82 Å². The normalized spacial score (nSPS) is 12.5. The second-order valence-corrected chi connectivity index (χ2v) is 3.56. The van der Waals surface area contributed by atoms with E-state index in [9.17, 15) is 35.5 Å². The summed E-state index contributed by atoms with van der Waals surface area (Å²) in [6.07, 6.45) is -9.88. The second-order valence-electron chi connectivity index (χ2n) is 3.56. The molecule has 22 heavy (non-hydrogen) atoms. The molecule has 0 radical (unpaired) electrons. The quantitative estimate of drug-likeness (QED) is 0.673. The van der Waals surface area contributed by atoms with Crippen molar-refractivity contribution in [2.24, 2.45) is 0 Å². The highest BCUT2D eigenvalue weighted by Gasteiger charge is 2.37. The lowest BCUT2D eigenvalue weighted by atomic mass is 10.1. The summed E-state index contributed by atoms with van der Waals surface area (Å²) in [4.78, 5) is 10.3. The highest BCUT2D eigenvalue weighted by atomic mass is 19.4. The molecule has 0 aliphatic rings. The molecule has 0 unspecified atom stereocenters. The van der Waals surface area contributed by atoms with Gasteiger partial charge in [0.25, 0.3) is 0 Å². The SMILES string of the molecule is O=C(O)C=Cc1ccc(OC(F)(F)F)c(F)c1OC(F)(F)F. The number of carbonyl (C=O) groups is 1. The number of rotatable bonds is 4. The molecule has 0 saturated carbocycles. The van der Waals surface area contributed by atoms with Gasteiger partial charge in [0.1, 0.15) is 0 Å². The lowest BCUT2D eigenvalue weighted by Crippen LogP contribution is -2.21. The summed E-state index contributed by atoms with van der Waals surface area (Å²) in [5.41, 5.74) is -0.744. The molecule has 1 aromatic rings. The number of hydrogen-bond acceptors (Lipinski definition) is 3. The van der Waals surface area contributed by atoms with Gasteiger partial charge in [-0.25, -0.2) is 4.79 Å². The molecule has 11 heteroatoms. The molecule has 0 aliphatic carbocycles. The minimum Gasteiger partial charge on any atom is -0.478 e. The molecule has 1 rings (SSSR count). The van der Waals surface area contributed by atoms with Gasteiger partial charge in [-0.15, -0.1) is 26.3 Å². The third-order valence-electron chi connectivity index (χ3n) is 1.94. The molecular formula is C11H5F7O4. The summed E-state index contributed by atoms with van der Waals surface area (Å²) in [6, 6.07) is 0.957. The number of halogens is 7. The van der Waals surface area contributed by atoms with Crippen molar-refractivity contribution in [3.63, 3.8) is 0 Å². The summed E-state index contributed by atoms with van der Waals surface area (Å²) in [7, 11) is 0. The van der Waals surface area contributed by atoms with Gasteiger partial charge >= 0.3 is 18.7 Å².